The number of thiazole rings is 1. The minimum absolute atomic E-state index is 0.0640. The summed E-state index contributed by atoms with van der Waals surface area (Å²) in [6.45, 7) is 1.76. The molecule has 2 N–H and O–H groups in total. The van der Waals surface area contributed by atoms with Crippen molar-refractivity contribution < 1.29 is 13.2 Å². The van der Waals surface area contributed by atoms with Crippen molar-refractivity contribution in [1.82, 2.24) is 25.1 Å². The summed E-state index contributed by atoms with van der Waals surface area (Å²) in [6.07, 6.45) is -0.341. The Balaban J connectivity index is 2.00. The molecule has 22 heavy (non-hydrogen) atoms. The van der Waals surface area contributed by atoms with Gasteiger partial charge in [0.15, 0.2) is 5.13 Å². The van der Waals surface area contributed by atoms with E-state index in [-0.39, 0.29) is 22.3 Å². The molecule has 0 atom stereocenters. The minimum Gasteiger partial charge on any atom is -0.300 e. The lowest BCUT2D eigenvalue weighted by molar-refractivity contribution is -0.134. The molecule has 0 radical (unpaired) electrons. The van der Waals surface area contributed by atoms with E-state index < -0.39 is 11.1 Å². The van der Waals surface area contributed by atoms with Crippen molar-refractivity contribution in [2.45, 2.75) is 13.1 Å². The normalized spacial score (nSPS) is 11.6. The van der Waals surface area contributed by atoms with E-state index in [2.05, 4.69) is 30.5 Å². The quantitative estimate of drug-likeness (QED) is 0.771. The van der Waals surface area contributed by atoms with E-state index in [4.69, 9.17) is 0 Å². The van der Waals surface area contributed by atoms with Gasteiger partial charge in [0.05, 0.1) is 11.9 Å². The summed E-state index contributed by atoms with van der Waals surface area (Å²) in [5.74, 6) is 0.196. The molecule has 0 aliphatic heterocycles. The van der Waals surface area contributed by atoms with Crippen LogP contribution in [0.5, 0.6) is 0 Å². The molecule has 0 aromatic carbocycles. The van der Waals surface area contributed by atoms with E-state index in [1.165, 1.54) is 18.6 Å². The van der Waals surface area contributed by atoms with E-state index in [1.54, 1.807) is 13.0 Å². The molecule has 114 valence electrons. The molecule has 0 aliphatic rings. The average Bonchev–Trinajstić information content (AvgIpc) is 3.05. The van der Waals surface area contributed by atoms with Crippen LogP contribution in [0.3, 0.4) is 0 Å². The van der Waals surface area contributed by atoms with Gasteiger partial charge >= 0.3 is 6.18 Å². The Kier molecular flexibility index (Phi) is 3.53. The highest BCUT2D eigenvalue weighted by molar-refractivity contribution is 7.16. The molecule has 3 rings (SSSR count). The number of aryl methyl sites for hydroxylation is 1. The van der Waals surface area contributed by atoms with Crippen LogP contribution in [0.2, 0.25) is 0 Å². The monoisotopic (exact) mass is 326 g/mol. The number of aromatic amines is 1. The van der Waals surface area contributed by atoms with E-state index in [0.29, 0.717) is 17.0 Å². The van der Waals surface area contributed by atoms with Gasteiger partial charge in [-0.05, 0) is 13.0 Å². The number of hydrogen-bond acceptors (Lipinski definition) is 6. The Morgan fingerprint density at radius 1 is 1.27 bits per heavy atom. The molecule has 3 heterocycles. The maximum atomic E-state index is 13.1. The molecular formula is C12H9F3N6S. The highest BCUT2D eigenvalue weighted by Gasteiger charge is 2.38. The van der Waals surface area contributed by atoms with Crippen LogP contribution in [-0.2, 0) is 6.18 Å². The van der Waals surface area contributed by atoms with Crippen molar-refractivity contribution in [3.63, 3.8) is 0 Å². The van der Waals surface area contributed by atoms with Gasteiger partial charge in [-0.1, -0.05) is 11.3 Å². The third kappa shape index (κ3) is 2.91. The number of aromatic nitrogens is 5. The molecule has 3 aromatic heterocycles. The predicted octanol–water partition coefficient (Wildman–Crippen LogP) is 3.39. The second kappa shape index (κ2) is 5.37. The average molecular weight is 326 g/mol. The third-order valence-electron chi connectivity index (χ3n) is 2.67. The molecule has 10 heteroatoms. The van der Waals surface area contributed by atoms with Crippen LogP contribution in [0.25, 0.3) is 11.3 Å². The minimum atomic E-state index is -4.50. The highest BCUT2D eigenvalue weighted by atomic mass is 32.1. The zero-order valence-electron chi connectivity index (χ0n) is 11.1. The Labute approximate surface area is 126 Å². The smallest absolute Gasteiger partial charge is 0.300 e. The number of hydrogen-bond donors (Lipinski definition) is 2. The van der Waals surface area contributed by atoms with Crippen LogP contribution in [0.4, 0.5) is 24.3 Å². The Morgan fingerprint density at radius 3 is 2.73 bits per heavy atom. The maximum absolute atomic E-state index is 13.1. The summed E-state index contributed by atoms with van der Waals surface area (Å²) in [7, 11) is 0. The van der Waals surface area contributed by atoms with E-state index in [0.717, 1.165) is 0 Å². The van der Waals surface area contributed by atoms with E-state index >= 15 is 0 Å². The Hall–Kier alpha value is -2.49. The van der Waals surface area contributed by atoms with Crippen molar-refractivity contribution >= 4 is 22.4 Å². The summed E-state index contributed by atoms with van der Waals surface area (Å²) in [5, 5.41) is 8.89. The molecule has 6 nitrogen and oxygen atoms in total. The van der Waals surface area contributed by atoms with Gasteiger partial charge < -0.3 is 5.32 Å². The molecule has 0 amide bonds. The lowest BCUT2D eigenvalue weighted by Crippen LogP contribution is -2.03. The Morgan fingerprint density at radius 2 is 2.09 bits per heavy atom. The van der Waals surface area contributed by atoms with Crippen LogP contribution in [0.1, 0.15) is 10.6 Å². The topological polar surface area (TPSA) is 79.4 Å². The predicted molar refractivity (Wildman–Crippen MR) is 74.7 cm³/mol. The van der Waals surface area contributed by atoms with Gasteiger partial charge in [0.25, 0.3) is 0 Å². The van der Waals surface area contributed by atoms with Gasteiger partial charge in [0, 0.05) is 23.7 Å². The maximum Gasteiger partial charge on any atom is 0.427 e. The van der Waals surface area contributed by atoms with Crippen LogP contribution in [0, 0.1) is 6.92 Å². The fraction of sp³-hybridized carbons (Fsp3) is 0.167. The summed E-state index contributed by atoms with van der Waals surface area (Å²) >= 11 is 0.496. The molecule has 0 bridgehead atoms. The number of rotatable bonds is 3. The Bertz CT molecular complexity index is 781. The lowest BCUT2D eigenvalue weighted by Gasteiger charge is -2.03. The number of H-pyrrole nitrogens is 1. The lowest BCUT2D eigenvalue weighted by atomic mass is 10.2. The highest BCUT2D eigenvalue weighted by Crippen LogP contribution is 2.42. The fourth-order valence-electron chi connectivity index (χ4n) is 1.75. The van der Waals surface area contributed by atoms with Gasteiger partial charge in [-0.25, -0.2) is 15.0 Å². The van der Waals surface area contributed by atoms with Gasteiger partial charge in [-0.2, -0.15) is 18.3 Å². The third-order valence-corrected chi connectivity index (χ3v) is 3.69. The SMILES string of the molecule is Cc1ccnc(Nc2nc(-c3cn[nH]c3)c(C(F)(F)F)s2)n1. The summed E-state index contributed by atoms with van der Waals surface area (Å²) in [5.41, 5.74) is 0.781. The molecule has 0 unspecified atom stereocenters. The van der Waals surface area contributed by atoms with Crippen LogP contribution in [0.15, 0.2) is 24.7 Å². The number of nitrogens with zero attached hydrogens (tertiary/aromatic N) is 4. The van der Waals surface area contributed by atoms with Crippen molar-refractivity contribution in [3.8, 4) is 11.3 Å². The van der Waals surface area contributed by atoms with E-state index in [9.17, 15) is 13.2 Å². The number of nitrogens with one attached hydrogen (secondary N) is 2. The largest absolute Gasteiger partial charge is 0.427 e. The fourth-order valence-corrected chi connectivity index (χ4v) is 2.60. The first-order valence-electron chi connectivity index (χ1n) is 6.07. The standard InChI is InChI=1S/C12H9F3N6S/c1-6-2-3-16-10(19-6)21-11-20-8(7-4-17-18-5-7)9(22-11)12(13,14)15/h2-5H,1H3,(H,17,18)(H,16,19,20,21). The zero-order valence-corrected chi connectivity index (χ0v) is 12.0. The summed E-state index contributed by atoms with van der Waals surface area (Å²) < 4.78 is 39.4. The van der Waals surface area contributed by atoms with Crippen LogP contribution < -0.4 is 5.32 Å². The molecule has 0 saturated heterocycles. The zero-order chi connectivity index (χ0) is 15.7. The number of halogens is 3. The van der Waals surface area contributed by atoms with E-state index in [1.807, 2.05) is 0 Å². The van der Waals surface area contributed by atoms with Gasteiger partial charge in [-0.3, -0.25) is 5.10 Å². The van der Waals surface area contributed by atoms with Gasteiger partial charge in [0.1, 0.15) is 4.88 Å². The first kappa shape index (κ1) is 14.4. The van der Waals surface area contributed by atoms with Crippen molar-refractivity contribution in [2.75, 3.05) is 5.32 Å². The van der Waals surface area contributed by atoms with Crippen molar-refractivity contribution in [3.05, 3.63) is 35.2 Å². The molecule has 0 aliphatic carbocycles. The van der Waals surface area contributed by atoms with Crippen LogP contribution in [-0.4, -0.2) is 25.1 Å². The first-order chi connectivity index (χ1) is 10.4. The number of alkyl halides is 3. The summed E-state index contributed by atoms with van der Waals surface area (Å²) in [6, 6.07) is 1.69. The summed E-state index contributed by atoms with van der Waals surface area (Å²) in [4.78, 5) is 11.2. The first-order valence-corrected chi connectivity index (χ1v) is 6.89. The van der Waals surface area contributed by atoms with Crippen molar-refractivity contribution in [2.24, 2.45) is 0 Å². The second-order valence-corrected chi connectivity index (χ2v) is 5.33. The molecular weight excluding hydrogens is 317 g/mol. The van der Waals surface area contributed by atoms with Crippen LogP contribution >= 0.6 is 11.3 Å². The molecule has 0 spiro atoms. The van der Waals surface area contributed by atoms with Crippen molar-refractivity contribution in [1.29, 1.82) is 0 Å². The number of anilines is 2. The molecule has 0 fully saturated rings. The van der Waals surface area contributed by atoms with Gasteiger partial charge in [-0.15, -0.1) is 0 Å². The molecule has 0 saturated carbocycles. The molecule has 3 aromatic rings. The van der Waals surface area contributed by atoms with Gasteiger partial charge in [0.2, 0.25) is 5.95 Å². The second-order valence-electron chi connectivity index (χ2n) is 4.33.